The Labute approximate surface area is 93.3 Å². The van der Waals surface area contributed by atoms with Crippen molar-refractivity contribution in [3.8, 4) is 0 Å². The highest BCUT2D eigenvalue weighted by molar-refractivity contribution is 5.72. The van der Waals surface area contributed by atoms with Gasteiger partial charge in [0, 0.05) is 13.5 Å². The van der Waals surface area contributed by atoms with Crippen LogP contribution in [0.15, 0.2) is 0 Å². The van der Waals surface area contributed by atoms with Crippen LogP contribution in [-0.2, 0) is 4.79 Å². The predicted molar refractivity (Wildman–Crippen MR) is 62.6 cm³/mol. The number of rotatable bonds is 4. The Morgan fingerprint density at radius 1 is 1.40 bits per heavy atom. The lowest BCUT2D eigenvalue weighted by atomic mass is 9.98. The van der Waals surface area contributed by atoms with E-state index < -0.39 is 0 Å². The first-order valence-electron chi connectivity index (χ1n) is 6.12. The highest BCUT2D eigenvalue weighted by Crippen LogP contribution is 2.28. The van der Waals surface area contributed by atoms with Gasteiger partial charge in [-0.1, -0.05) is 26.7 Å². The van der Waals surface area contributed by atoms with Crippen LogP contribution in [0.25, 0.3) is 0 Å². The summed E-state index contributed by atoms with van der Waals surface area (Å²) in [6, 6.07) is 0. The van der Waals surface area contributed by atoms with E-state index in [1.54, 1.807) is 0 Å². The predicted octanol–water partition coefficient (Wildman–Crippen LogP) is 2.09. The van der Waals surface area contributed by atoms with Crippen molar-refractivity contribution in [2.45, 2.75) is 59.0 Å². The Bertz CT molecular complexity index is 165. The molecule has 1 aliphatic carbocycles. The zero-order valence-corrected chi connectivity index (χ0v) is 10.3. The molecule has 1 rings (SSSR count). The molecule has 1 saturated carbocycles. The third-order valence-corrected chi connectivity index (χ3v) is 2.76. The fourth-order valence-corrected chi connectivity index (χ4v) is 1.97. The first-order chi connectivity index (χ1) is 7.20. The van der Waals surface area contributed by atoms with E-state index >= 15 is 0 Å². The summed E-state index contributed by atoms with van der Waals surface area (Å²) >= 11 is 0. The van der Waals surface area contributed by atoms with Crippen LogP contribution in [0, 0.1) is 5.92 Å². The fraction of sp³-hybridized carbons (Fsp3) is 0.917. The number of carbonyl (C=O) groups is 1. The summed E-state index contributed by atoms with van der Waals surface area (Å²) in [4.78, 5) is 10.6. The molecule has 2 N–H and O–H groups in total. The second-order valence-corrected chi connectivity index (χ2v) is 3.88. The van der Waals surface area contributed by atoms with Gasteiger partial charge in [-0.3, -0.25) is 4.79 Å². The second-order valence-electron chi connectivity index (χ2n) is 3.88. The highest BCUT2D eigenvalue weighted by atomic mass is 16.3. The van der Waals surface area contributed by atoms with Crippen LogP contribution < -0.4 is 5.32 Å². The second kappa shape index (κ2) is 8.72. The average Bonchev–Trinajstić information content (AvgIpc) is 2.73. The molecule has 3 heteroatoms. The van der Waals surface area contributed by atoms with Gasteiger partial charge in [-0.2, -0.15) is 0 Å². The highest BCUT2D eigenvalue weighted by Gasteiger charge is 2.22. The van der Waals surface area contributed by atoms with E-state index in [1.807, 2.05) is 13.8 Å². The Kier molecular flexibility index (Phi) is 8.38. The van der Waals surface area contributed by atoms with Crippen molar-refractivity contribution in [2.24, 2.45) is 5.92 Å². The molecular weight excluding hydrogens is 190 g/mol. The minimum atomic E-state index is -0.214. The molecule has 0 aromatic carbocycles. The van der Waals surface area contributed by atoms with E-state index in [4.69, 9.17) is 0 Å². The van der Waals surface area contributed by atoms with Crippen molar-refractivity contribution >= 4 is 5.91 Å². The molecule has 1 unspecified atom stereocenters. The van der Waals surface area contributed by atoms with Gasteiger partial charge in [0.1, 0.15) is 0 Å². The van der Waals surface area contributed by atoms with Crippen LogP contribution >= 0.6 is 0 Å². The summed E-state index contributed by atoms with van der Waals surface area (Å²) in [5.41, 5.74) is 0. The maximum Gasteiger partial charge on any atom is 0.216 e. The molecule has 1 fully saturated rings. The molecule has 15 heavy (non-hydrogen) atoms. The Hall–Kier alpha value is -0.570. The number of nitrogens with one attached hydrogen (secondary N) is 1. The van der Waals surface area contributed by atoms with Crippen LogP contribution in [0.2, 0.25) is 0 Å². The SMILES string of the molecule is CC.CC(=O)NCCC(O)C1CCCC1. The summed E-state index contributed by atoms with van der Waals surface area (Å²) in [5.74, 6) is 0.465. The lowest BCUT2D eigenvalue weighted by molar-refractivity contribution is -0.119. The zero-order valence-electron chi connectivity index (χ0n) is 10.3. The molecule has 1 aliphatic rings. The molecule has 0 aromatic heterocycles. The van der Waals surface area contributed by atoms with E-state index in [2.05, 4.69) is 5.32 Å². The van der Waals surface area contributed by atoms with Crippen molar-refractivity contribution in [2.75, 3.05) is 6.54 Å². The number of carbonyl (C=O) groups excluding carboxylic acids is 1. The molecule has 0 aromatic rings. The van der Waals surface area contributed by atoms with E-state index in [-0.39, 0.29) is 12.0 Å². The summed E-state index contributed by atoms with van der Waals surface area (Å²) in [5, 5.41) is 12.4. The number of amides is 1. The average molecular weight is 215 g/mol. The van der Waals surface area contributed by atoms with Crippen LogP contribution in [0.5, 0.6) is 0 Å². The van der Waals surface area contributed by atoms with Crippen molar-refractivity contribution in [1.29, 1.82) is 0 Å². The molecule has 1 amide bonds. The van der Waals surface area contributed by atoms with Gasteiger partial charge in [0.05, 0.1) is 6.10 Å². The van der Waals surface area contributed by atoms with Gasteiger partial charge < -0.3 is 10.4 Å². The van der Waals surface area contributed by atoms with Gasteiger partial charge in [0.2, 0.25) is 5.91 Å². The molecule has 0 bridgehead atoms. The third kappa shape index (κ3) is 6.50. The van der Waals surface area contributed by atoms with E-state index in [0.29, 0.717) is 18.9 Å². The van der Waals surface area contributed by atoms with E-state index in [0.717, 1.165) is 12.8 Å². The van der Waals surface area contributed by atoms with Crippen LogP contribution in [-0.4, -0.2) is 23.7 Å². The summed E-state index contributed by atoms with van der Waals surface area (Å²) < 4.78 is 0. The van der Waals surface area contributed by atoms with Crippen molar-refractivity contribution < 1.29 is 9.90 Å². The Morgan fingerprint density at radius 2 is 1.93 bits per heavy atom. The largest absolute Gasteiger partial charge is 0.393 e. The van der Waals surface area contributed by atoms with Gasteiger partial charge in [-0.25, -0.2) is 0 Å². The van der Waals surface area contributed by atoms with Gasteiger partial charge >= 0.3 is 0 Å². The van der Waals surface area contributed by atoms with Gasteiger partial charge in [0.15, 0.2) is 0 Å². The number of hydrogen-bond acceptors (Lipinski definition) is 2. The maximum atomic E-state index is 10.6. The third-order valence-electron chi connectivity index (χ3n) is 2.76. The van der Waals surface area contributed by atoms with Gasteiger partial charge in [0.25, 0.3) is 0 Å². The number of aliphatic hydroxyl groups is 1. The van der Waals surface area contributed by atoms with Gasteiger partial charge in [-0.15, -0.1) is 0 Å². The Balaban J connectivity index is 0.000000921. The lowest BCUT2D eigenvalue weighted by Crippen LogP contribution is -2.27. The number of hydrogen-bond donors (Lipinski definition) is 2. The molecule has 0 spiro atoms. The van der Waals surface area contributed by atoms with E-state index in [9.17, 15) is 9.90 Å². The Morgan fingerprint density at radius 3 is 2.40 bits per heavy atom. The molecular formula is C12H25NO2. The molecule has 90 valence electrons. The molecule has 0 saturated heterocycles. The van der Waals surface area contributed by atoms with Crippen LogP contribution in [0.1, 0.15) is 52.9 Å². The quantitative estimate of drug-likeness (QED) is 0.754. The van der Waals surface area contributed by atoms with E-state index in [1.165, 1.54) is 19.8 Å². The maximum absolute atomic E-state index is 10.6. The molecule has 1 atom stereocenters. The van der Waals surface area contributed by atoms with Crippen molar-refractivity contribution in [3.63, 3.8) is 0 Å². The smallest absolute Gasteiger partial charge is 0.216 e. The monoisotopic (exact) mass is 215 g/mol. The topological polar surface area (TPSA) is 49.3 Å². The van der Waals surface area contributed by atoms with Crippen LogP contribution in [0.3, 0.4) is 0 Å². The van der Waals surface area contributed by atoms with Gasteiger partial charge in [-0.05, 0) is 25.2 Å². The van der Waals surface area contributed by atoms with Crippen molar-refractivity contribution in [1.82, 2.24) is 5.32 Å². The fourth-order valence-electron chi connectivity index (χ4n) is 1.97. The minimum Gasteiger partial charge on any atom is -0.393 e. The summed E-state index contributed by atoms with van der Waals surface area (Å²) in [7, 11) is 0. The molecule has 0 heterocycles. The van der Waals surface area contributed by atoms with Crippen LogP contribution in [0.4, 0.5) is 0 Å². The van der Waals surface area contributed by atoms with Crippen molar-refractivity contribution in [3.05, 3.63) is 0 Å². The zero-order chi connectivity index (χ0) is 11.7. The standard InChI is InChI=1S/C10H19NO2.C2H6/c1-8(12)11-7-6-10(13)9-4-2-3-5-9;1-2/h9-10,13H,2-7H2,1H3,(H,11,12);1-2H3. The normalized spacial score (nSPS) is 17.9. The first-order valence-corrected chi connectivity index (χ1v) is 6.12. The molecule has 0 radical (unpaired) electrons. The minimum absolute atomic E-state index is 0.0152. The number of aliphatic hydroxyl groups excluding tert-OH is 1. The summed E-state index contributed by atoms with van der Waals surface area (Å²) in [6.45, 7) is 6.11. The lowest BCUT2D eigenvalue weighted by Gasteiger charge is -2.17. The molecule has 3 nitrogen and oxygen atoms in total. The molecule has 0 aliphatic heterocycles. The summed E-state index contributed by atoms with van der Waals surface area (Å²) in [6.07, 6.45) is 5.30. The first kappa shape index (κ1) is 14.4.